The summed E-state index contributed by atoms with van der Waals surface area (Å²) in [5.41, 5.74) is 0.156. The maximum absolute atomic E-state index is 14.1. The molecule has 0 aliphatic carbocycles. The van der Waals surface area contributed by atoms with Gasteiger partial charge in [-0.3, -0.25) is 9.59 Å². The summed E-state index contributed by atoms with van der Waals surface area (Å²) in [5, 5.41) is 8.80. The lowest BCUT2D eigenvalue weighted by molar-refractivity contribution is -0.116. The third kappa shape index (κ3) is 4.56. The summed E-state index contributed by atoms with van der Waals surface area (Å²) < 4.78 is 41.9. The van der Waals surface area contributed by atoms with Crippen LogP contribution in [0.4, 0.5) is 18.9 Å². The second kappa shape index (κ2) is 8.38. The molecular formula is C19H15F3N4O2. The highest BCUT2D eigenvalue weighted by Crippen LogP contribution is 2.17. The number of amides is 2. The molecule has 3 aromatic rings. The Labute approximate surface area is 158 Å². The Hall–Kier alpha value is -3.62. The van der Waals surface area contributed by atoms with Crippen LogP contribution in [0.2, 0.25) is 0 Å². The van der Waals surface area contributed by atoms with E-state index in [2.05, 4.69) is 15.7 Å². The van der Waals surface area contributed by atoms with Crippen LogP contribution in [-0.4, -0.2) is 28.1 Å². The molecule has 9 heteroatoms. The normalized spacial score (nSPS) is 10.5. The zero-order valence-corrected chi connectivity index (χ0v) is 14.5. The second-order valence-corrected chi connectivity index (χ2v) is 5.80. The van der Waals surface area contributed by atoms with E-state index in [1.54, 1.807) is 12.3 Å². The van der Waals surface area contributed by atoms with Crippen molar-refractivity contribution in [1.82, 2.24) is 15.1 Å². The molecule has 0 spiro atoms. The Kier molecular flexibility index (Phi) is 5.73. The van der Waals surface area contributed by atoms with Gasteiger partial charge in [-0.15, -0.1) is 0 Å². The van der Waals surface area contributed by atoms with Crippen molar-refractivity contribution in [1.29, 1.82) is 0 Å². The highest BCUT2D eigenvalue weighted by atomic mass is 19.1. The Morgan fingerprint density at radius 2 is 1.86 bits per heavy atom. The van der Waals surface area contributed by atoms with Crippen LogP contribution < -0.4 is 10.6 Å². The van der Waals surface area contributed by atoms with Crippen molar-refractivity contribution in [3.63, 3.8) is 0 Å². The fraction of sp³-hybridized carbons (Fsp3) is 0.105. The summed E-state index contributed by atoms with van der Waals surface area (Å²) in [7, 11) is 0. The van der Waals surface area contributed by atoms with Gasteiger partial charge in [0.1, 0.15) is 17.3 Å². The number of hydrogen-bond acceptors (Lipinski definition) is 3. The second-order valence-electron chi connectivity index (χ2n) is 5.80. The van der Waals surface area contributed by atoms with Crippen molar-refractivity contribution < 1.29 is 22.8 Å². The van der Waals surface area contributed by atoms with Gasteiger partial charge in [-0.25, -0.2) is 17.9 Å². The molecule has 2 amide bonds. The van der Waals surface area contributed by atoms with Gasteiger partial charge < -0.3 is 10.6 Å². The number of carbonyl (C=O) groups is 2. The number of carbonyl (C=O) groups excluding carboxylic acids is 2. The maximum atomic E-state index is 14.1. The third-order valence-corrected chi connectivity index (χ3v) is 3.80. The van der Waals surface area contributed by atoms with Crippen LogP contribution >= 0.6 is 0 Å². The van der Waals surface area contributed by atoms with E-state index in [1.807, 2.05) is 0 Å². The molecule has 1 heterocycles. The molecule has 0 aliphatic rings. The summed E-state index contributed by atoms with van der Waals surface area (Å²) in [6.45, 7) is -0.0741. The van der Waals surface area contributed by atoms with E-state index in [9.17, 15) is 22.8 Å². The topological polar surface area (TPSA) is 76.0 Å². The number of aromatic nitrogens is 2. The van der Waals surface area contributed by atoms with Crippen LogP contribution in [0.3, 0.4) is 0 Å². The number of anilines is 1. The van der Waals surface area contributed by atoms with Crippen LogP contribution in [0.1, 0.15) is 16.8 Å². The van der Waals surface area contributed by atoms with Crippen LogP contribution in [0, 0.1) is 17.5 Å². The minimum Gasteiger partial charge on any atom is -0.351 e. The van der Waals surface area contributed by atoms with Gasteiger partial charge in [0, 0.05) is 37.1 Å². The van der Waals surface area contributed by atoms with Crippen LogP contribution in [0.25, 0.3) is 5.69 Å². The molecule has 2 aromatic carbocycles. The zero-order valence-electron chi connectivity index (χ0n) is 14.5. The van der Waals surface area contributed by atoms with Gasteiger partial charge in [-0.1, -0.05) is 0 Å². The van der Waals surface area contributed by atoms with Gasteiger partial charge in [0.2, 0.25) is 5.91 Å². The molecule has 2 N–H and O–H groups in total. The molecule has 0 aliphatic heterocycles. The summed E-state index contributed by atoms with van der Waals surface area (Å²) >= 11 is 0. The Bertz CT molecular complexity index is 1010. The van der Waals surface area contributed by atoms with E-state index in [0.29, 0.717) is 6.07 Å². The molecule has 0 saturated heterocycles. The molecule has 0 radical (unpaired) electrons. The first-order valence-corrected chi connectivity index (χ1v) is 8.27. The number of halogens is 3. The van der Waals surface area contributed by atoms with E-state index >= 15 is 0 Å². The molecule has 0 bridgehead atoms. The highest BCUT2D eigenvalue weighted by molar-refractivity contribution is 5.95. The van der Waals surface area contributed by atoms with Gasteiger partial charge >= 0.3 is 0 Å². The Morgan fingerprint density at radius 3 is 2.54 bits per heavy atom. The van der Waals surface area contributed by atoms with E-state index in [0.717, 1.165) is 18.2 Å². The third-order valence-electron chi connectivity index (χ3n) is 3.80. The summed E-state index contributed by atoms with van der Waals surface area (Å²) in [4.78, 5) is 23.8. The minimum absolute atomic E-state index is 0.0741. The van der Waals surface area contributed by atoms with Crippen LogP contribution in [0.15, 0.2) is 54.9 Å². The average molecular weight is 388 g/mol. The van der Waals surface area contributed by atoms with E-state index in [4.69, 9.17) is 0 Å². The molecule has 144 valence electrons. The average Bonchev–Trinajstić information content (AvgIpc) is 3.16. The number of rotatable bonds is 6. The SMILES string of the molecule is O=C(CCNC(=O)c1ccc(F)cc1F)Nc1ccc(-n2cccn2)c(F)c1. The van der Waals surface area contributed by atoms with Gasteiger partial charge in [0.25, 0.3) is 5.91 Å². The van der Waals surface area contributed by atoms with Gasteiger partial charge in [-0.2, -0.15) is 5.10 Å². The van der Waals surface area contributed by atoms with Gasteiger partial charge in [0.15, 0.2) is 5.82 Å². The molecule has 0 saturated carbocycles. The summed E-state index contributed by atoms with van der Waals surface area (Å²) in [5.74, 6) is -3.58. The smallest absolute Gasteiger partial charge is 0.254 e. The molecule has 0 fully saturated rings. The van der Waals surface area contributed by atoms with Crippen LogP contribution in [0.5, 0.6) is 0 Å². The first-order valence-electron chi connectivity index (χ1n) is 8.27. The number of nitrogens with zero attached hydrogens (tertiary/aromatic N) is 2. The van der Waals surface area contributed by atoms with E-state index < -0.39 is 29.3 Å². The van der Waals surface area contributed by atoms with Gasteiger partial charge in [-0.05, 0) is 36.4 Å². The quantitative estimate of drug-likeness (QED) is 0.682. The zero-order chi connectivity index (χ0) is 20.1. The summed E-state index contributed by atoms with van der Waals surface area (Å²) in [6, 6.07) is 8.38. The molecule has 28 heavy (non-hydrogen) atoms. The Morgan fingerprint density at radius 1 is 1.04 bits per heavy atom. The predicted octanol–water partition coefficient (Wildman–Crippen LogP) is 3.05. The standard InChI is InChI=1S/C19H15F3N4O2/c20-12-2-4-14(15(21)10-12)19(28)23-8-6-18(27)25-13-3-5-17(16(22)11-13)26-9-1-7-24-26/h1-5,7,9-11H,6,8H2,(H,23,28)(H,25,27). The van der Waals surface area contributed by atoms with Crippen LogP contribution in [-0.2, 0) is 4.79 Å². The monoisotopic (exact) mass is 388 g/mol. The van der Waals surface area contributed by atoms with E-state index in [1.165, 1.54) is 23.0 Å². The first kappa shape index (κ1) is 19.2. The van der Waals surface area contributed by atoms with Crippen molar-refractivity contribution >= 4 is 17.5 Å². The fourth-order valence-corrected chi connectivity index (χ4v) is 2.46. The van der Waals surface area contributed by atoms with Gasteiger partial charge in [0.05, 0.1) is 5.56 Å². The van der Waals surface area contributed by atoms with Crippen molar-refractivity contribution in [3.8, 4) is 5.69 Å². The number of nitrogens with one attached hydrogen (secondary N) is 2. The van der Waals surface area contributed by atoms with Crippen molar-refractivity contribution in [3.05, 3.63) is 77.9 Å². The molecular weight excluding hydrogens is 373 g/mol. The highest BCUT2D eigenvalue weighted by Gasteiger charge is 2.13. The van der Waals surface area contributed by atoms with Crippen molar-refractivity contribution in [2.45, 2.75) is 6.42 Å². The first-order chi connectivity index (χ1) is 13.4. The van der Waals surface area contributed by atoms with Crippen molar-refractivity contribution in [2.24, 2.45) is 0 Å². The lowest BCUT2D eigenvalue weighted by atomic mass is 10.2. The minimum atomic E-state index is -0.991. The molecule has 3 rings (SSSR count). The fourth-order valence-electron chi connectivity index (χ4n) is 2.46. The molecule has 1 aromatic heterocycles. The van der Waals surface area contributed by atoms with Crippen molar-refractivity contribution in [2.75, 3.05) is 11.9 Å². The maximum Gasteiger partial charge on any atom is 0.254 e. The number of hydrogen-bond donors (Lipinski definition) is 2. The number of benzene rings is 2. The molecule has 0 atom stereocenters. The predicted molar refractivity (Wildman–Crippen MR) is 95.5 cm³/mol. The molecule has 6 nitrogen and oxygen atoms in total. The summed E-state index contributed by atoms with van der Waals surface area (Å²) in [6.07, 6.45) is 2.99. The lowest BCUT2D eigenvalue weighted by Gasteiger charge is -2.09. The molecule has 0 unspecified atom stereocenters. The largest absolute Gasteiger partial charge is 0.351 e. The lowest BCUT2D eigenvalue weighted by Crippen LogP contribution is -2.28. The Balaban J connectivity index is 1.52. The van der Waals surface area contributed by atoms with E-state index in [-0.39, 0.29) is 29.9 Å².